The number of ether oxygens (including phenoxy) is 2. The molecule has 0 unspecified atom stereocenters. The van der Waals surface area contributed by atoms with Crippen LogP contribution in [0.3, 0.4) is 0 Å². The average Bonchev–Trinajstić information content (AvgIpc) is 3.47. The monoisotopic (exact) mass is 623 g/mol. The minimum Gasteiger partial charge on any atom is -0.488 e. The molecule has 0 saturated carbocycles. The largest absolute Gasteiger partial charge is 0.488 e. The average molecular weight is 624 g/mol. The van der Waals surface area contributed by atoms with Crippen LogP contribution in [-0.2, 0) is 4.79 Å². The van der Waals surface area contributed by atoms with Crippen LogP contribution >= 0.6 is 0 Å². The number of fused-ring (bicyclic) bond motifs is 7. The van der Waals surface area contributed by atoms with Crippen molar-refractivity contribution in [3.05, 3.63) is 78.8 Å². The summed E-state index contributed by atoms with van der Waals surface area (Å²) >= 11 is 0. The maximum absolute atomic E-state index is 15.6. The van der Waals surface area contributed by atoms with Gasteiger partial charge in [0.25, 0.3) is 0 Å². The maximum Gasteiger partial charge on any atom is 0.246 e. The van der Waals surface area contributed by atoms with E-state index in [1.54, 1.807) is 35.0 Å². The predicted molar refractivity (Wildman–Crippen MR) is 173 cm³/mol. The molecule has 1 N–H and O–H groups in total. The number of anilines is 3. The van der Waals surface area contributed by atoms with E-state index in [-0.39, 0.29) is 23.7 Å². The lowest BCUT2D eigenvalue weighted by Gasteiger charge is -2.39. The second kappa shape index (κ2) is 11.9. The SMILES string of the molecule is Cc1cc(Nc2ncnc3ccc4c(c23)OC[C@H]2CN4CCN2C(=O)/C=C/[C@H](C)N(C)C)c(F)cc1Oc1ccn2ncnc2c1. The van der Waals surface area contributed by atoms with E-state index in [1.807, 2.05) is 56.0 Å². The highest BCUT2D eigenvalue weighted by atomic mass is 19.1. The number of hydrogen-bond donors (Lipinski definition) is 1. The zero-order valence-electron chi connectivity index (χ0n) is 26.0. The number of carbonyl (C=O) groups is 1. The van der Waals surface area contributed by atoms with Gasteiger partial charge in [0.1, 0.15) is 42.4 Å². The summed E-state index contributed by atoms with van der Waals surface area (Å²) in [5.41, 5.74) is 3.12. The number of piperazine rings is 1. The zero-order chi connectivity index (χ0) is 31.9. The minimum atomic E-state index is -0.510. The van der Waals surface area contributed by atoms with Crippen LogP contribution < -0.4 is 19.7 Å². The minimum absolute atomic E-state index is 0.0270. The zero-order valence-corrected chi connectivity index (χ0v) is 26.0. The Balaban J connectivity index is 1.15. The fourth-order valence-electron chi connectivity index (χ4n) is 5.76. The molecule has 5 aromatic rings. The van der Waals surface area contributed by atoms with Gasteiger partial charge in [-0.1, -0.05) is 6.08 Å². The highest BCUT2D eigenvalue weighted by Gasteiger charge is 2.35. The molecule has 2 atom stereocenters. The first-order chi connectivity index (χ1) is 22.2. The van der Waals surface area contributed by atoms with E-state index >= 15 is 4.39 Å². The number of pyridine rings is 1. The molecule has 3 aromatic heterocycles. The summed E-state index contributed by atoms with van der Waals surface area (Å²) in [7, 11) is 3.96. The van der Waals surface area contributed by atoms with Crippen molar-refractivity contribution in [3.8, 4) is 17.2 Å². The topological polar surface area (TPSA) is 113 Å². The molecule has 46 heavy (non-hydrogen) atoms. The van der Waals surface area contributed by atoms with Crippen molar-refractivity contribution in [3.63, 3.8) is 0 Å². The number of halogens is 1. The summed E-state index contributed by atoms with van der Waals surface area (Å²) in [5.74, 6) is 1.38. The van der Waals surface area contributed by atoms with Gasteiger partial charge in [0.15, 0.2) is 11.4 Å². The number of aromatic nitrogens is 5. The third-order valence-electron chi connectivity index (χ3n) is 8.59. The van der Waals surface area contributed by atoms with Crippen LogP contribution in [0.2, 0.25) is 0 Å². The van der Waals surface area contributed by atoms with Gasteiger partial charge in [0.2, 0.25) is 5.91 Å². The summed E-state index contributed by atoms with van der Waals surface area (Å²) in [5, 5.41) is 7.91. The van der Waals surface area contributed by atoms with E-state index in [1.165, 1.54) is 18.7 Å². The Morgan fingerprint density at radius 3 is 2.87 bits per heavy atom. The molecule has 1 saturated heterocycles. The summed E-state index contributed by atoms with van der Waals surface area (Å²) in [6, 6.07) is 10.4. The Labute approximate surface area is 265 Å². The van der Waals surface area contributed by atoms with Crippen molar-refractivity contribution >= 4 is 39.6 Å². The smallest absolute Gasteiger partial charge is 0.246 e. The van der Waals surface area contributed by atoms with Gasteiger partial charge in [-0.15, -0.1) is 0 Å². The fraction of sp³-hybridized carbons (Fsp3) is 0.303. The molecule has 0 spiro atoms. The Morgan fingerprint density at radius 1 is 1.15 bits per heavy atom. The summed E-state index contributed by atoms with van der Waals surface area (Å²) in [4.78, 5) is 32.5. The van der Waals surface area contributed by atoms with Crippen LogP contribution in [0, 0.1) is 12.7 Å². The van der Waals surface area contributed by atoms with E-state index in [0.717, 1.165) is 11.3 Å². The Hall–Kier alpha value is -5.30. The van der Waals surface area contributed by atoms with Crippen molar-refractivity contribution in [2.75, 3.05) is 50.6 Å². The molecule has 0 aliphatic carbocycles. The van der Waals surface area contributed by atoms with Crippen LogP contribution in [0.4, 0.5) is 21.6 Å². The molecule has 13 heteroatoms. The fourth-order valence-corrected chi connectivity index (χ4v) is 5.76. The predicted octanol–water partition coefficient (Wildman–Crippen LogP) is 4.57. The summed E-state index contributed by atoms with van der Waals surface area (Å²) < 4.78 is 29.6. The van der Waals surface area contributed by atoms with Crippen LogP contribution in [-0.4, -0.2) is 92.7 Å². The van der Waals surface area contributed by atoms with Gasteiger partial charge in [-0.3, -0.25) is 4.79 Å². The molecule has 1 amide bonds. The first-order valence-corrected chi connectivity index (χ1v) is 15.1. The Morgan fingerprint density at radius 2 is 2.02 bits per heavy atom. The normalized spacial score (nSPS) is 16.9. The molecule has 2 aromatic carbocycles. The molecule has 5 heterocycles. The van der Waals surface area contributed by atoms with Crippen molar-refractivity contribution in [2.45, 2.75) is 25.9 Å². The quantitative estimate of drug-likeness (QED) is 0.259. The molecule has 236 valence electrons. The van der Waals surface area contributed by atoms with Crippen LogP contribution in [0.25, 0.3) is 16.6 Å². The van der Waals surface area contributed by atoms with Crippen molar-refractivity contribution in [1.29, 1.82) is 0 Å². The summed E-state index contributed by atoms with van der Waals surface area (Å²) in [6.07, 6.45) is 8.20. The van der Waals surface area contributed by atoms with Crippen LogP contribution in [0.5, 0.6) is 17.2 Å². The second-order valence-electron chi connectivity index (χ2n) is 11.8. The molecular formula is C33H34FN9O3. The summed E-state index contributed by atoms with van der Waals surface area (Å²) in [6.45, 7) is 6.06. The molecule has 1 fully saturated rings. The standard InChI is InChI=1S/C33H34FN9O3/c1-20-13-26(24(34)15-28(20)46-23-9-10-43-29(14-23)36-19-38-43)39-33-31-25(35-18-37-33)6-7-27-32(31)45-17-22-16-41(27)11-12-42(22)30(44)8-5-21(2)40(3)4/h5-10,13-15,18-19,21-22H,11-12,16-17H2,1-4H3,(H,35,37,39)/b8-5+/t21-,22+/m0/s1. The van der Waals surface area contributed by atoms with Gasteiger partial charge in [-0.2, -0.15) is 5.10 Å². The number of carbonyl (C=O) groups excluding carboxylic acids is 1. The number of nitrogens with zero attached hydrogens (tertiary/aromatic N) is 8. The molecule has 2 bridgehead atoms. The number of rotatable bonds is 7. The molecule has 12 nitrogen and oxygen atoms in total. The third-order valence-corrected chi connectivity index (χ3v) is 8.59. The lowest BCUT2D eigenvalue weighted by molar-refractivity contribution is -0.129. The third kappa shape index (κ3) is 5.53. The van der Waals surface area contributed by atoms with E-state index < -0.39 is 5.82 Å². The number of benzene rings is 2. The van der Waals surface area contributed by atoms with E-state index in [9.17, 15) is 4.79 Å². The van der Waals surface area contributed by atoms with E-state index in [2.05, 4.69) is 30.3 Å². The maximum atomic E-state index is 15.6. The highest BCUT2D eigenvalue weighted by Crippen LogP contribution is 2.42. The van der Waals surface area contributed by atoms with Crippen molar-refractivity contribution in [2.24, 2.45) is 0 Å². The first-order valence-electron chi connectivity index (χ1n) is 15.1. The molecule has 2 aliphatic heterocycles. The number of nitrogens with one attached hydrogen (secondary N) is 1. The lowest BCUT2D eigenvalue weighted by atomic mass is 10.1. The molecule has 2 aliphatic rings. The van der Waals surface area contributed by atoms with Gasteiger partial charge in [-0.25, -0.2) is 23.9 Å². The molecular weight excluding hydrogens is 589 g/mol. The van der Waals surface area contributed by atoms with E-state index in [0.29, 0.717) is 65.9 Å². The van der Waals surface area contributed by atoms with Gasteiger partial charge in [0, 0.05) is 50.1 Å². The van der Waals surface area contributed by atoms with Crippen LogP contribution in [0.15, 0.2) is 67.4 Å². The molecule has 0 radical (unpaired) electrons. The van der Waals surface area contributed by atoms with Crippen molar-refractivity contribution in [1.82, 2.24) is 34.4 Å². The number of amides is 1. The van der Waals surface area contributed by atoms with Crippen molar-refractivity contribution < 1.29 is 18.7 Å². The van der Waals surface area contributed by atoms with Gasteiger partial charge < -0.3 is 29.5 Å². The lowest BCUT2D eigenvalue weighted by Crippen LogP contribution is -2.56. The van der Waals surface area contributed by atoms with E-state index in [4.69, 9.17) is 9.47 Å². The number of hydrogen-bond acceptors (Lipinski definition) is 10. The number of aryl methyl sites for hydroxylation is 1. The second-order valence-corrected chi connectivity index (χ2v) is 11.8. The molecule has 7 rings (SSSR count). The van der Waals surface area contributed by atoms with Gasteiger partial charge in [0.05, 0.1) is 28.3 Å². The Kier molecular flexibility index (Phi) is 7.61. The first kappa shape index (κ1) is 29.4. The van der Waals surface area contributed by atoms with Gasteiger partial charge >= 0.3 is 0 Å². The number of likely N-dealkylation sites (N-methyl/N-ethyl adjacent to an activating group) is 1. The van der Waals surface area contributed by atoms with Crippen LogP contribution in [0.1, 0.15) is 12.5 Å². The highest BCUT2D eigenvalue weighted by molar-refractivity contribution is 6.00. The van der Waals surface area contributed by atoms with Gasteiger partial charge in [-0.05, 0) is 57.8 Å². The Bertz CT molecular complexity index is 1980.